The van der Waals surface area contributed by atoms with E-state index in [9.17, 15) is 10.1 Å². The summed E-state index contributed by atoms with van der Waals surface area (Å²) < 4.78 is 5.35. The number of carbonyl (C=O) groups excluding carboxylic acids is 1. The summed E-state index contributed by atoms with van der Waals surface area (Å²) >= 11 is 1.44. The van der Waals surface area contributed by atoms with Gasteiger partial charge in [-0.1, -0.05) is 6.07 Å². The third kappa shape index (κ3) is 2.82. The van der Waals surface area contributed by atoms with Crippen LogP contribution in [0.15, 0.2) is 30.3 Å². The molecule has 0 saturated carbocycles. The summed E-state index contributed by atoms with van der Waals surface area (Å²) in [5.74, 6) is 0. The maximum atomic E-state index is 10.8. The molecule has 0 amide bonds. The van der Waals surface area contributed by atoms with Crippen LogP contribution in [-0.2, 0) is 4.74 Å². The molecule has 0 unspecified atom stereocenters. The fourth-order valence-corrected chi connectivity index (χ4v) is 3.25. The molecule has 21 heavy (non-hydrogen) atoms. The van der Waals surface area contributed by atoms with Gasteiger partial charge >= 0.3 is 0 Å². The zero-order valence-electron chi connectivity index (χ0n) is 11.4. The Morgan fingerprint density at radius 2 is 2.05 bits per heavy atom. The van der Waals surface area contributed by atoms with Gasteiger partial charge in [-0.25, -0.2) is 0 Å². The number of aldehydes is 1. The molecule has 1 saturated heterocycles. The van der Waals surface area contributed by atoms with Crippen LogP contribution in [0.4, 0.5) is 5.69 Å². The molecule has 1 fully saturated rings. The highest BCUT2D eigenvalue weighted by molar-refractivity contribution is 7.17. The molecule has 1 aromatic heterocycles. The zero-order chi connectivity index (χ0) is 14.7. The van der Waals surface area contributed by atoms with Crippen LogP contribution in [0.2, 0.25) is 0 Å². The number of carbonyl (C=O) groups is 1. The van der Waals surface area contributed by atoms with Crippen molar-refractivity contribution in [2.75, 3.05) is 31.2 Å². The molecule has 0 radical (unpaired) electrons. The van der Waals surface area contributed by atoms with Crippen LogP contribution in [0.25, 0.3) is 10.4 Å². The maximum absolute atomic E-state index is 10.8. The Balaban J connectivity index is 1.94. The van der Waals surface area contributed by atoms with Gasteiger partial charge < -0.3 is 9.64 Å². The number of hydrogen-bond donors (Lipinski definition) is 0. The van der Waals surface area contributed by atoms with Crippen LogP contribution in [-0.4, -0.2) is 32.6 Å². The number of hydrogen-bond acceptors (Lipinski definition) is 5. The Morgan fingerprint density at radius 1 is 1.24 bits per heavy atom. The van der Waals surface area contributed by atoms with E-state index in [0.717, 1.165) is 35.5 Å². The number of rotatable bonds is 3. The fraction of sp³-hybridized carbons (Fsp3) is 0.250. The van der Waals surface area contributed by atoms with E-state index < -0.39 is 0 Å². The smallest absolute Gasteiger partial charge is 0.160 e. The summed E-state index contributed by atoms with van der Waals surface area (Å²) in [4.78, 5) is 14.6. The third-order valence-electron chi connectivity index (χ3n) is 3.50. The largest absolute Gasteiger partial charge is 0.378 e. The second kappa shape index (κ2) is 6.08. The highest BCUT2D eigenvalue weighted by Gasteiger charge is 2.15. The average molecular weight is 298 g/mol. The lowest BCUT2D eigenvalue weighted by Crippen LogP contribution is -2.36. The molecule has 0 spiro atoms. The Bertz CT molecular complexity index is 697. The molecular formula is C16H14N2O2S. The molecule has 1 aliphatic rings. The highest BCUT2D eigenvalue weighted by atomic mass is 32.1. The molecule has 4 nitrogen and oxygen atoms in total. The van der Waals surface area contributed by atoms with E-state index in [1.807, 2.05) is 24.3 Å². The topological polar surface area (TPSA) is 53.3 Å². The van der Waals surface area contributed by atoms with Crippen LogP contribution in [0.3, 0.4) is 0 Å². The van der Waals surface area contributed by atoms with Crippen molar-refractivity contribution >= 4 is 23.3 Å². The highest BCUT2D eigenvalue weighted by Crippen LogP contribution is 2.31. The van der Waals surface area contributed by atoms with Gasteiger partial charge in [0.1, 0.15) is 6.07 Å². The lowest BCUT2D eigenvalue weighted by molar-refractivity contribution is 0.112. The second-order valence-corrected chi connectivity index (χ2v) is 5.88. The van der Waals surface area contributed by atoms with Crippen LogP contribution in [0.1, 0.15) is 15.2 Å². The molecule has 2 aromatic rings. The van der Waals surface area contributed by atoms with E-state index in [1.165, 1.54) is 11.3 Å². The molecule has 1 aliphatic heterocycles. The second-order valence-electron chi connectivity index (χ2n) is 4.76. The maximum Gasteiger partial charge on any atom is 0.160 e. The molecule has 0 atom stereocenters. The Kier molecular flexibility index (Phi) is 4.00. The molecular weight excluding hydrogens is 284 g/mol. The first kappa shape index (κ1) is 13.8. The van der Waals surface area contributed by atoms with Gasteiger partial charge in [-0.15, -0.1) is 11.3 Å². The van der Waals surface area contributed by atoms with Crippen molar-refractivity contribution in [2.45, 2.75) is 0 Å². The number of ether oxygens (including phenoxy) is 1. The van der Waals surface area contributed by atoms with Crippen molar-refractivity contribution in [1.82, 2.24) is 0 Å². The van der Waals surface area contributed by atoms with Crippen molar-refractivity contribution in [1.29, 1.82) is 5.26 Å². The van der Waals surface area contributed by atoms with Crippen molar-refractivity contribution < 1.29 is 9.53 Å². The van der Waals surface area contributed by atoms with E-state index in [-0.39, 0.29) is 0 Å². The lowest BCUT2D eigenvalue weighted by atomic mass is 10.1. The number of nitriles is 1. The summed E-state index contributed by atoms with van der Waals surface area (Å²) in [6, 6.07) is 11.9. The molecule has 106 valence electrons. The van der Waals surface area contributed by atoms with Crippen LogP contribution < -0.4 is 4.90 Å². The molecule has 0 N–H and O–H groups in total. The van der Waals surface area contributed by atoms with Crippen molar-refractivity contribution in [2.24, 2.45) is 0 Å². The fourth-order valence-electron chi connectivity index (χ4n) is 2.43. The Morgan fingerprint density at radius 3 is 2.71 bits per heavy atom. The minimum atomic E-state index is 0.662. The quantitative estimate of drug-likeness (QED) is 0.818. The van der Waals surface area contributed by atoms with Gasteiger partial charge in [0, 0.05) is 18.0 Å². The summed E-state index contributed by atoms with van der Waals surface area (Å²) in [6.45, 7) is 3.01. The van der Waals surface area contributed by atoms with Gasteiger partial charge in [-0.2, -0.15) is 5.26 Å². The first-order chi connectivity index (χ1) is 10.3. The van der Waals surface area contributed by atoms with E-state index in [4.69, 9.17) is 4.74 Å². The number of benzene rings is 1. The predicted molar refractivity (Wildman–Crippen MR) is 82.9 cm³/mol. The van der Waals surface area contributed by atoms with Gasteiger partial charge in [0.2, 0.25) is 0 Å². The normalized spacial score (nSPS) is 14.7. The van der Waals surface area contributed by atoms with Gasteiger partial charge in [0.15, 0.2) is 6.29 Å². The van der Waals surface area contributed by atoms with E-state index in [1.54, 1.807) is 6.07 Å². The van der Waals surface area contributed by atoms with Crippen molar-refractivity contribution in [3.8, 4) is 16.5 Å². The molecule has 3 rings (SSSR count). The third-order valence-corrected chi connectivity index (χ3v) is 4.56. The van der Waals surface area contributed by atoms with Crippen molar-refractivity contribution in [3.63, 3.8) is 0 Å². The minimum absolute atomic E-state index is 0.662. The standard InChI is InChI=1S/C16H14N2O2S/c17-10-13-9-12(16-4-2-14(11-19)21-16)1-3-15(13)18-5-7-20-8-6-18/h1-4,9,11H,5-8H2. The van der Waals surface area contributed by atoms with Gasteiger partial charge in [0.25, 0.3) is 0 Å². The van der Waals surface area contributed by atoms with Crippen molar-refractivity contribution in [3.05, 3.63) is 40.8 Å². The number of anilines is 1. The number of morpholine rings is 1. The first-order valence-corrected chi connectivity index (χ1v) is 7.55. The molecule has 5 heteroatoms. The Hall–Kier alpha value is -2.16. The van der Waals surface area contributed by atoms with E-state index in [0.29, 0.717) is 23.7 Å². The summed E-state index contributed by atoms with van der Waals surface area (Å²) in [5, 5.41) is 9.41. The van der Waals surface area contributed by atoms with Crippen LogP contribution in [0, 0.1) is 11.3 Å². The predicted octanol–water partition coefficient (Wildman–Crippen LogP) is 2.94. The average Bonchev–Trinajstić information content (AvgIpc) is 3.04. The molecule has 1 aromatic carbocycles. The van der Waals surface area contributed by atoms with Crippen LogP contribution >= 0.6 is 11.3 Å². The molecule has 0 bridgehead atoms. The number of nitrogens with zero attached hydrogens (tertiary/aromatic N) is 2. The van der Waals surface area contributed by atoms with Gasteiger partial charge in [-0.3, -0.25) is 4.79 Å². The SMILES string of the molecule is N#Cc1cc(-c2ccc(C=O)s2)ccc1N1CCOCC1. The van der Waals surface area contributed by atoms with E-state index in [2.05, 4.69) is 11.0 Å². The molecule has 2 heterocycles. The Labute approximate surface area is 127 Å². The van der Waals surface area contributed by atoms with E-state index >= 15 is 0 Å². The van der Waals surface area contributed by atoms with Gasteiger partial charge in [-0.05, 0) is 29.8 Å². The molecule has 0 aliphatic carbocycles. The zero-order valence-corrected chi connectivity index (χ0v) is 12.2. The van der Waals surface area contributed by atoms with Crippen LogP contribution in [0.5, 0.6) is 0 Å². The monoisotopic (exact) mass is 298 g/mol. The minimum Gasteiger partial charge on any atom is -0.378 e. The van der Waals surface area contributed by atoms with Gasteiger partial charge in [0.05, 0.1) is 29.3 Å². The number of thiophene rings is 1. The summed E-state index contributed by atoms with van der Waals surface area (Å²) in [7, 11) is 0. The first-order valence-electron chi connectivity index (χ1n) is 6.74. The lowest BCUT2D eigenvalue weighted by Gasteiger charge is -2.29. The summed E-state index contributed by atoms with van der Waals surface area (Å²) in [6.07, 6.45) is 0.849. The summed E-state index contributed by atoms with van der Waals surface area (Å²) in [5.41, 5.74) is 2.59.